The van der Waals surface area contributed by atoms with Crippen LogP contribution in [0, 0.1) is 19.7 Å². The number of carbonyl (C=O) groups is 2. The van der Waals surface area contributed by atoms with Crippen LogP contribution in [-0.2, 0) is 4.79 Å². The van der Waals surface area contributed by atoms with E-state index in [1.54, 1.807) is 26.0 Å². The summed E-state index contributed by atoms with van der Waals surface area (Å²) in [6.45, 7) is 3.44. The maximum absolute atomic E-state index is 13.9. The number of carbonyl (C=O) groups excluding carboxylic acids is 2. The number of halogens is 1. The molecule has 8 heteroatoms. The SMILES string of the molecule is Cc1nc(C)c(C(=O)C2=C(O)C(=O)N(c3cccc(F)c3)C2c2cccc(O)c2)s1. The molecule has 0 saturated carbocycles. The van der Waals surface area contributed by atoms with Crippen molar-refractivity contribution in [2.75, 3.05) is 4.90 Å². The predicted octanol–water partition coefficient (Wildman–Crippen LogP) is 4.39. The molecule has 0 radical (unpaired) electrons. The van der Waals surface area contributed by atoms with Crippen LogP contribution >= 0.6 is 11.3 Å². The highest BCUT2D eigenvalue weighted by Crippen LogP contribution is 2.43. The van der Waals surface area contributed by atoms with Crippen LogP contribution in [0.4, 0.5) is 10.1 Å². The number of phenols is 1. The third-order valence-corrected chi connectivity index (χ3v) is 5.91. The smallest absolute Gasteiger partial charge is 0.294 e. The van der Waals surface area contributed by atoms with Gasteiger partial charge >= 0.3 is 0 Å². The van der Waals surface area contributed by atoms with Crippen LogP contribution in [0.1, 0.15) is 32.0 Å². The number of benzene rings is 2. The van der Waals surface area contributed by atoms with Crippen molar-refractivity contribution in [2.45, 2.75) is 19.9 Å². The number of hydrogen-bond acceptors (Lipinski definition) is 6. The summed E-state index contributed by atoms with van der Waals surface area (Å²) in [6, 6.07) is 10.3. The summed E-state index contributed by atoms with van der Waals surface area (Å²) in [5, 5.41) is 21.3. The number of nitrogens with zero attached hydrogens (tertiary/aromatic N) is 2. The van der Waals surface area contributed by atoms with Crippen molar-refractivity contribution < 1.29 is 24.2 Å². The van der Waals surface area contributed by atoms with Gasteiger partial charge in [0.25, 0.3) is 5.91 Å². The van der Waals surface area contributed by atoms with Crippen LogP contribution in [0.15, 0.2) is 59.9 Å². The molecule has 4 rings (SSSR count). The fourth-order valence-electron chi connectivity index (χ4n) is 3.60. The molecular formula is C22H17FN2O4S. The molecule has 1 atom stereocenters. The molecule has 6 nitrogen and oxygen atoms in total. The van der Waals surface area contributed by atoms with Crippen molar-refractivity contribution in [1.29, 1.82) is 0 Å². The Morgan fingerprint density at radius 2 is 1.87 bits per heavy atom. The van der Waals surface area contributed by atoms with E-state index in [-0.39, 0.29) is 17.0 Å². The van der Waals surface area contributed by atoms with Gasteiger partial charge in [-0.2, -0.15) is 0 Å². The molecule has 1 unspecified atom stereocenters. The lowest BCUT2D eigenvalue weighted by atomic mass is 9.94. The van der Waals surface area contributed by atoms with E-state index in [9.17, 15) is 24.2 Å². The number of aryl methyl sites for hydroxylation is 2. The number of aromatic hydroxyl groups is 1. The lowest BCUT2D eigenvalue weighted by Gasteiger charge is -2.27. The zero-order chi connectivity index (χ0) is 21.6. The second-order valence-electron chi connectivity index (χ2n) is 6.89. The molecule has 2 aromatic carbocycles. The van der Waals surface area contributed by atoms with E-state index in [1.807, 2.05) is 0 Å². The quantitative estimate of drug-likeness (QED) is 0.607. The Morgan fingerprint density at radius 3 is 2.50 bits per heavy atom. The largest absolute Gasteiger partial charge is 0.508 e. The number of aliphatic hydroxyl groups excluding tert-OH is 1. The normalized spacial score (nSPS) is 16.4. The van der Waals surface area contributed by atoms with Gasteiger partial charge < -0.3 is 10.2 Å². The molecule has 1 amide bonds. The minimum Gasteiger partial charge on any atom is -0.508 e. The number of aliphatic hydroxyl groups is 1. The molecular weight excluding hydrogens is 407 g/mol. The summed E-state index contributed by atoms with van der Waals surface area (Å²) in [7, 11) is 0. The highest BCUT2D eigenvalue weighted by Gasteiger charge is 2.45. The monoisotopic (exact) mass is 424 g/mol. The van der Waals surface area contributed by atoms with Crippen molar-refractivity contribution in [1.82, 2.24) is 4.98 Å². The van der Waals surface area contributed by atoms with E-state index in [0.29, 0.717) is 21.1 Å². The zero-order valence-corrected chi connectivity index (χ0v) is 16.9. The highest BCUT2D eigenvalue weighted by molar-refractivity contribution is 7.14. The topological polar surface area (TPSA) is 90.7 Å². The van der Waals surface area contributed by atoms with Crippen molar-refractivity contribution in [3.8, 4) is 5.75 Å². The molecule has 1 aliphatic rings. The van der Waals surface area contributed by atoms with Gasteiger partial charge in [0.05, 0.1) is 27.2 Å². The Kier molecular flexibility index (Phi) is 4.87. The molecule has 0 bridgehead atoms. The highest BCUT2D eigenvalue weighted by atomic mass is 32.1. The van der Waals surface area contributed by atoms with Crippen LogP contribution in [0.5, 0.6) is 5.75 Å². The summed E-state index contributed by atoms with van der Waals surface area (Å²) in [6.07, 6.45) is 0. The van der Waals surface area contributed by atoms with Gasteiger partial charge in [-0.25, -0.2) is 9.37 Å². The molecule has 1 aromatic heterocycles. The minimum absolute atomic E-state index is 0.0675. The lowest BCUT2D eigenvalue weighted by Crippen LogP contribution is -2.31. The Balaban J connectivity index is 1.92. The van der Waals surface area contributed by atoms with E-state index in [0.717, 1.165) is 11.0 Å². The third kappa shape index (κ3) is 3.25. The summed E-state index contributed by atoms with van der Waals surface area (Å²) >= 11 is 1.17. The Bertz CT molecular complexity index is 1220. The molecule has 0 saturated heterocycles. The molecule has 0 fully saturated rings. The predicted molar refractivity (Wildman–Crippen MR) is 110 cm³/mol. The van der Waals surface area contributed by atoms with Crippen LogP contribution in [0.3, 0.4) is 0 Å². The number of hydrogen-bond donors (Lipinski definition) is 2. The lowest BCUT2D eigenvalue weighted by molar-refractivity contribution is -0.117. The molecule has 2 heterocycles. The molecule has 2 N–H and O–H groups in total. The maximum Gasteiger partial charge on any atom is 0.294 e. The Hall–Kier alpha value is -3.52. The van der Waals surface area contributed by atoms with Crippen molar-refractivity contribution in [2.24, 2.45) is 0 Å². The van der Waals surface area contributed by atoms with Crippen LogP contribution in [0.25, 0.3) is 0 Å². The van der Waals surface area contributed by atoms with E-state index < -0.39 is 29.3 Å². The Labute approximate surface area is 175 Å². The van der Waals surface area contributed by atoms with Gasteiger partial charge in [0, 0.05) is 5.69 Å². The molecule has 0 spiro atoms. The summed E-state index contributed by atoms with van der Waals surface area (Å²) in [5.41, 5.74) is 0.939. The number of Topliss-reactive ketones (excluding diaryl/α,β-unsaturated/α-hetero) is 1. The molecule has 1 aliphatic heterocycles. The fraction of sp³-hybridized carbons (Fsp3) is 0.136. The molecule has 0 aliphatic carbocycles. The van der Waals surface area contributed by atoms with Gasteiger partial charge in [0.15, 0.2) is 5.76 Å². The third-order valence-electron chi connectivity index (χ3n) is 4.83. The van der Waals surface area contributed by atoms with Gasteiger partial charge in [-0.3, -0.25) is 14.5 Å². The number of thiazole rings is 1. The number of amides is 1. The van der Waals surface area contributed by atoms with E-state index in [2.05, 4.69) is 4.98 Å². The van der Waals surface area contributed by atoms with Crippen molar-refractivity contribution >= 4 is 28.7 Å². The summed E-state index contributed by atoms with van der Waals surface area (Å²) in [4.78, 5) is 32.1. The van der Waals surface area contributed by atoms with Crippen LogP contribution in [0.2, 0.25) is 0 Å². The van der Waals surface area contributed by atoms with E-state index >= 15 is 0 Å². The molecule has 152 valence electrons. The first-order chi connectivity index (χ1) is 14.3. The average molecular weight is 424 g/mol. The first kappa shape index (κ1) is 19.8. The number of ketones is 1. The number of aromatic nitrogens is 1. The van der Waals surface area contributed by atoms with Crippen molar-refractivity contribution in [3.05, 3.63) is 86.8 Å². The number of rotatable bonds is 4. The second-order valence-corrected chi connectivity index (χ2v) is 8.09. The molecule has 30 heavy (non-hydrogen) atoms. The van der Waals surface area contributed by atoms with Gasteiger partial charge in [-0.05, 0) is 49.7 Å². The first-order valence-electron chi connectivity index (χ1n) is 9.08. The molecule has 3 aromatic rings. The van der Waals surface area contributed by atoms with E-state index in [1.165, 1.54) is 41.7 Å². The second kappa shape index (κ2) is 7.38. The van der Waals surface area contributed by atoms with Gasteiger partial charge in [0.2, 0.25) is 5.78 Å². The minimum atomic E-state index is -1.04. The van der Waals surface area contributed by atoms with E-state index in [4.69, 9.17) is 0 Å². The standard InChI is InChI=1S/C22H17FN2O4S/c1-11-21(30-12(2)24-11)19(27)17-18(13-5-3-8-16(26)9-13)25(22(29)20(17)28)15-7-4-6-14(23)10-15/h3-10,18,26,28H,1-2H3. The van der Waals surface area contributed by atoms with Crippen molar-refractivity contribution in [3.63, 3.8) is 0 Å². The summed E-state index contributed by atoms with van der Waals surface area (Å²) < 4.78 is 13.9. The number of phenolic OH excluding ortho intramolecular Hbond substituents is 1. The van der Waals surface area contributed by atoms with Crippen LogP contribution in [-0.4, -0.2) is 26.9 Å². The van der Waals surface area contributed by atoms with Gasteiger partial charge in [0.1, 0.15) is 11.6 Å². The average Bonchev–Trinajstić information content (AvgIpc) is 3.17. The van der Waals surface area contributed by atoms with Crippen LogP contribution < -0.4 is 4.90 Å². The maximum atomic E-state index is 13.9. The fourth-order valence-corrected chi connectivity index (χ4v) is 4.48. The van der Waals surface area contributed by atoms with Gasteiger partial charge in [-0.15, -0.1) is 11.3 Å². The zero-order valence-electron chi connectivity index (χ0n) is 16.1. The Morgan fingerprint density at radius 1 is 1.13 bits per heavy atom. The first-order valence-corrected chi connectivity index (χ1v) is 9.89. The van der Waals surface area contributed by atoms with Gasteiger partial charge in [-0.1, -0.05) is 18.2 Å². The summed E-state index contributed by atoms with van der Waals surface area (Å²) in [5.74, 6) is -2.69. The number of anilines is 1.